The Balaban J connectivity index is 2.06. The third-order valence-corrected chi connectivity index (χ3v) is 3.44. The summed E-state index contributed by atoms with van der Waals surface area (Å²) in [5, 5.41) is 0. The fraction of sp³-hybridized carbons (Fsp3) is 0.250. The highest BCUT2D eigenvalue weighted by Gasteiger charge is 2.26. The summed E-state index contributed by atoms with van der Waals surface area (Å²) >= 11 is 0. The highest BCUT2D eigenvalue weighted by atomic mass is 16.3. The van der Waals surface area contributed by atoms with Gasteiger partial charge in [-0.2, -0.15) is 0 Å². The van der Waals surface area contributed by atoms with Crippen molar-refractivity contribution in [3.05, 3.63) is 59.5 Å². The topological polar surface area (TPSA) is 13.1 Å². The Labute approximate surface area is 102 Å². The van der Waals surface area contributed by atoms with E-state index in [0.29, 0.717) is 5.92 Å². The van der Waals surface area contributed by atoms with E-state index in [1.54, 1.807) is 6.26 Å². The molecular weight excluding hydrogens is 208 g/mol. The van der Waals surface area contributed by atoms with Crippen molar-refractivity contribution in [1.82, 2.24) is 0 Å². The molecule has 1 aliphatic rings. The van der Waals surface area contributed by atoms with Crippen molar-refractivity contribution in [2.45, 2.75) is 25.7 Å². The Bertz CT molecular complexity index is 534. The number of rotatable bonds is 3. The molecule has 0 aliphatic heterocycles. The van der Waals surface area contributed by atoms with Crippen molar-refractivity contribution in [2.24, 2.45) is 0 Å². The average molecular weight is 224 g/mol. The summed E-state index contributed by atoms with van der Waals surface area (Å²) in [5.41, 5.74) is 4.12. The Morgan fingerprint density at radius 2 is 2.00 bits per heavy atom. The molecule has 0 amide bonds. The lowest BCUT2D eigenvalue weighted by Gasteiger charge is -2.14. The molecule has 1 unspecified atom stereocenters. The molecule has 17 heavy (non-hydrogen) atoms. The van der Waals surface area contributed by atoms with Crippen LogP contribution >= 0.6 is 0 Å². The standard InChI is InChI=1S/C16H16O/c1-2-6-14-13-8-4-3-7-12(13)11-15(14)16-9-5-10-17-16/h3-5,7-11,14H,2,6H2,1H3. The van der Waals surface area contributed by atoms with Crippen LogP contribution in [0.3, 0.4) is 0 Å². The first-order valence-corrected chi connectivity index (χ1v) is 6.24. The van der Waals surface area contributed by atoms with Gasteiger partial charge in [-0.1, -0.05) is 37.6 Å². The molecule has 1 atom stereocenters. The normalized spacial score (nSPS) is 17.9. The lowest BCUT2D eigenvalue weighted by Crippen LogP contribution is -1.97. The summed E-state index contributed by atoms with van der Waals surface area (Å²) in [7, 11) is 0. The molecule has 2 aromatic rings. The van der Waals surface area contributed by atoms with E-state index in [9.17, 15) is 0 Å². The molecule has 0 saturated heterocycles. The summed E-state index contributed by atoms with van der Waals surface area (Å²) in [5.74, 6) is 1.52. The van der Waals surface area contributed by atoms with Gasteiger partial charge in [0.2, 0.25) is 0 Å². The third kappa shape index (κ3) is 1.72. The van der Waals surface area contributed by atoms with Crippen LogP contribution < -0.4 is 0 Å². The fourth-order valence-electron chi connectivity index (χ4n) is 2.68. The van der Waals surface area contributed by atoms with Crippen LogP contribution in [0.4, 0.5) is 0 Å². The van der Waals surface area contributed by atoms with E-state index in [-0.39, 0.29) is 0 Å². The van der Waals surface area contributed by atoms with Crippen LogP contribution in [0, 0.1) is 0 Å². The average Bonchev–Trinajstić information content (AvgIpc) is 2.97. The molecule has 0 saturated carbocycles. The Morgan fingerprint density at radius 3 is 2.76 bits per heavy atom. The van der Waals surface area contributed by atoms with E-state index >= 15 is 0 Å². The maximum atomic E-state index is 5.56. The van der Waals surface area contributed by atoms with Gasteiger partial charge in [-0.25, -0.2) is 0 Å². The van der Waals surface area contributed by atoms with E-state index in [2.05, 4.69) is 43.3 Å². The molecule has 0 fully saturated rings. The minimum absolute atomic E-state index is 0.502. The van der Waals surface area contributed by atoms with E-state index < -0.39 is 0 Å². The predicted octanol–water partition coefficient (Wildman–Crippen LogP) is 4.72. The second-order valence-electron chi connectivity index (χ2n) is 4.55. The molecule has 0 N–H and O–H groups in total. The first-order valence-electron chi connectivity index (χ1n) is 6.24. The predicted molar refractivity (Wildman–Crippen MR) is 70.7 cm³/mol. The van der Waals surface area contributed by atoms with Gasteiger partial charge in [-0.3, -0.25) is 0 Å². The molecule has 1 aromatic heterocycles. The highest BCUT2D eigenvalue weighted by Crippen LogP contribution is 2.44. The number of hydrogen-bond acceptors (Lipinski definition) is 1. The quantitative estimate of drug-likeness (QED) is 0.735. The molecule has 86 valence electrons. The molecule has 1 aliphatic carbocycles. The molecule has 1 aromatic carbocycles. The molecule has 0 bridgehead atoms. The SMILES string of the molecule is CCCC1C(c2ccco2)=Cc2ccccc21. The number of benzene rings is 1. The second kappa shape index (κ2) is 4.25. The van der Waals surface area contributed by atoms with Crippen LogP contribution in [0.1, 0.15) is 42.6 Å². The zero-order valence-corrected chi connectivity index (χ0v) is 10.0. The van der Waals surface area contributed by atoms with Crippen molar-refractivity contribution >= 4 is 11.6 Å². The fourth-order valence-corrected chi connectivity index (χ4v) is 2.68. The lowest BCUT2D eigenvalue weighted by molar-refractivity contribution is 0.545. The largest absolute Gasteiger partial charge is 0.465 e. The molecule has 0 radical (unpaired) electrons. The minimum atomic E-state index is 0.502. The Kier molecular flexibility index (Phi) is 2.60. The van der Waals surface area contributed by atoms with Gasteiger partial charge in [-0.15, -0.1) is 0 Å². The summed E-state index contributed by atoms with van der Waals surface area (Å²) in [6.45, 7) is 2.24. The minimum Gasteiger partial charge on any atom is -0.465 e. The third-order valence-electron chi connectivity index (χ3n) is 3.44. The maximum Gasteiger partial charge on any atom is 0.130 e. The van der Waals surface area contributed by atoms with Crippen molar-refractivity contribution in [1.29, 1.82) is 0 Å². The van der Waals surface area contributed by atoms with E-state index in [1.165, 1.54) is 29.5 Å². The van der Waals surface area contributed by atoms with Gasteiger partial charge in [-0.05, 0) is 35.8 Å². The van der Waals surface area contributed by atoms with Crippen LogP contribution in [0.2, 0.25) is 0 Å². The first-order chi connectivity index (χ1) is 8.40. The Morgan fingerprint density at radius 1 is 1.12 bits per heavy atom. The van der Waals surface area contributed by atoms with Crippen LogP contribution in [0.25, 0.3) is 11.6 Å². The summed E-state index contributed by atoms with van der Waals surface area (Å²) in [6.07, 6.45) is 6.40. The summed E-state index contributed by atoms with van der Waals surface area (Å²) in [4.78, 5) is 0. The van der Waals surface area contributed by atoms with Gasteiger partial charge in [0.25, 0.3) is 0 Å². The first kappa shape index (κ1) is 10.4. The number of furan rings is 1. The maximum absolute atomic E-state index is 5.56. The van der Waals surface area contributed by atoms with Gasteiger partial charge >= 0.3 is 0 Å². The monoisotopic (exact) mass is 224 g/mol. The van der Waals surface area contributed by atoms with Crippen LogP contribution in [-0.4, -0.2) is 0 Å². The molecule has 1 heteroatoms. The van der Waals surface area contributed by atoms with Gasteiger partial charge in [0.15, 0.2) is 0 Å². The van der Waals surface area contributed by atoms with E-state index in [1.807, 2.05) is 6.07 Å². The number of fused-ring (bicyclic) bond motifs is 1. The van der Waals surface area contributed by atoms with Crippen LogP contribution in [0.5, 0.6) is 0 Å². The zero-order valence-electron chi connectivity index (χ0n) is 10.0. The Hall–Kier alpha value is -1.76. The second-order valence-corrected chi connectivity index (χ2v) is 4.55. The van der Waals surface area contributed by atoms with Crippen molar-refractivity contribution < 1.29 is 4.42 Å². The molecule has 1 heterocycles. The number of allylic oxidation sites excluding steroid dienone is 1. The van der Waals surface area contributed by atoms with Gasteiger partial charge in [0, 0.05) is 11.5 Å². The molecular formula is C16H16O. The van der Waals surface area contributed by atoms with Crippen LogP contribution in [-0.2, 0) is 0 Å². The summed E-state index contributed by atoms with van der Waals surface area (Å²) in [6, 6.07) is 12.7. The molecule has 0 spiro atoms. The van der Waals surface area contributed by atoms with Gasteiger partial charge < -0.3 is 4.42 Å². The van der Waals surface area contributed by atoms with Crippen molar-refractivity contribution in [3.8, 4) is 0 Å². The number of hydrogen-bond donors (Lipinski definition) is 0. The molecule has 3 rings (SSSR count). The van der Waals surface area contributed by atoms with Gasteiger partial charge in [0.05, 0.1) is 6.26 Å². The highest BCUT2D eigenvalue weighted by molar-refractivity contribution is 5.89. The van der Waals surface area contributed by atoms with E-state index in [4.69, 9.17) is 4.42 Å². The summed E-state index contributed by atoms with van der Waals surface area (Å²) < 4.78 is 5.56. The van der Waals surface area contributed by atoms with Crippen LogP contribution in [0.15, 0.2) is 47.1 Å². The lowest BCUT2D eigenvalue weighted by atomic mass is 9.90. The smallest absolute Gasteiger partial charge is 0.130 e. The van der Waals surface area contributed by atoms with E-state index in [0.717, 1.165) is 5.76 Å². The van der Waals surface area contributed by atoms with Gasteiger partial charge in [0.1, 0.15) is 5.76 Å². The van der Waals surface area contributed by atoms with Crippen molar-refractivity contribution in [2.75, 3.05) is 0 Å². The molecule has 1 nitrogen and oxygen atoms in total. The van der Waals surface area contributed by atoms with Crippen molar-refractivity contribution in [3.63, 3.8) is 0 Å². The zero-order chi connectivity index (χ0) is 11.7.